The molecule has 0 aliphatic carbocycles. The topological polar surface area (TPSA) is 82.8 Å². The van der Waals surface area contributed by atoms with Crippen LogP contribution in [0.5, 0.6) is 0 Å². The van der Waals surface area contributed by atoms with Gasteiger partial charge in [0.15, 0.2) is 0 Å². The summed E-state index contributed by atoms with van der Waals surface area (Å²) in [6.07, 6.45) is 1.96. The summed E-state index contributed by atoms with van der Waals surface area (Å²) in [6.45, 7) is 0. The van der Waals surface area contributed by atoms with Crippen molar-refractivity contribution in [2.75, 3.05) is 11.5 Å². The summed E-state index contributed by atoms with van der Waals surface area (Å²) < 4.78 is 2.01. The third-order valence-electron chi connectivity index (χ3n) is 4.10. The second kappa shape index (κ2) is 5.26. The van der Waals surface area contributed by atoms with Gasteiger partial charge in [0.25, 0.3) is 0 Å². The molecule has 4 aromatic rings. The number of nitrogens with zero attached hydrogens (tertiary/aromatic N) is 3. The third-order valence-corrected chi connectivity index (χ3v) is 4.92. The Balaban J connectivity index is 2.22. The highest BCUT2D eigenvalue weighted by molar-refractivity contribution is 6.44. The van der Waals surface area contributed by atoms with Crippen LogP contribution in [0.4, 0.5) is 11.8 Å². The van der Waals surface area contributed by atoms with Gasteiger partial charge in [-0.15, -0.1) is 0 Å². The van der Waals surface area contributed by atoms with Gasteiger partial charge in [-0.2, -0.15) is 4.98 Å². The predicted molar refractivity (Wildman–Crippen MR) is 100 cm³/mol. The lowest BCUT2D eigenvalue weighted by Gasteiger charge is -2.12. The molecule has 2 aromatic carbocycles. The molecule has 5 nitrogen and oxygen atoms in total. The van der Waals surface area contributed by atoms with E-state index in [0.717, 1.165) is 27.4 Å². The Hall–Kier alpha value is -2.50. The van der Waals surface area contributed by atoms with Crippen LogP contribution in [0.25, 0.3) is 32.9 Å². The largest absolute Gasteiger partial charge is 0.383 e. The Morgan fingerprint density at radius 2 is 1.83 bits per heavy atom. The van der Waals surface area contributed by atoms with Crippen LogP contribution in [0.3, 0.4) is 0 Å². The standard InChI is InChI=1S/C17H13Cl2N5/c1-24-6-5-9-13-12(22-17(21)23-16(13)20)7-10(15(9)24)8-3-2-4-11(18)14(8)19/h2-7H,1H3,(H4,20,21,22,23). The van der Waals surface area contributed by atoms with Gasteiger partial charge in [-0.05, 0) is 18.2 Å². The minimum absolute atomic E-state index is 0.137. The average molecular weight is 358 g/mol. The summed E-state index contributed by atoms with van der Waals surface area (Å²) in [5.74, 6) is 0.496. The monoisotopic (exact) mass is 357 g/mol. The van der Waals surface area contributed by atoms with Gasteiger partial charge >= 0.3 is 0 Å². The SMILES string of the molecule is Cn1ccc2c3c(N)nc(N)nc3cc(-c3cccc(Cl)c3Cl)c21. The van der Waals surface area contributed by atoms with Gasteiger partial charge in [-0.1, -0.05) is 35.3 Å². The molecule has 0 radical (unpaired) electrons. The maximum absolute atomic E-state index is 6.44. The summed E-state index contributed by atoms with van der Waals surface area (Å²) in [4.78, 5) is 8.42. The van der Waals surface area contributed by atoms with Crippen molar-refractivity contribution in [2.24, 2.45) is 7.05 Å². The molecule has 4 N–H and O–H groups in total. The summed E-state index contributed by atoms with van der Waals surface area (Å²) >= 11 is 12.6. The zero-order valence-corrected chi connectivity index (χ0v) is 14.2. The summed E-state index contributed by atoms with van der Waals surface area (Å²) in [5, 5.41) is 2.72. The lowest BCUT2D eigenvalue weighted by molar-refractivity contribution is 0.970. The van der Waals surface area contributed by atoms with Crippen molar-refractivity contribution in [3.63, 3.8) is 0 Å². The van der Waals surface area contributed by atoms with E-state index in [1.165, 1.54) is 0 Å². The highest BCUT2D eigenvalue weighted by Crippen LogP contribution is 2.40. The fourth-order valence-electron chi connectivity index (χ4n) is 3.08. The molecule has 0 aliphatic rings. The van der Waals surface area contributed by atoms with Crippen LogP contribution in [0, 0.1) is 0 Å². The highest BCUT2D eigenvalue weighted by atomic mass is 35.5. The summed E-state index contributed by atoms with van der Waals surface area (Å²) in [6, 6.07) is 9.45. The summed E-state index contributed by atoms with van der Waals surface area (Å²) in [5.41, 5.74) is 15.2. The van der Waals surface area contributed by atoms with Crippen molar-refractivity contribution in [1.29, 1.82) is 0 Å². The van der Waals surface area contributed by atoms with E-state index in [0.29, 0.717) is 21.4 Å². The number of benzene rings is 2. The van der Waals surface area contributed by atoms with Gasteiger partial charge in [-0.25, -0.2) is 4.98 Å². The van der Waals surface area contributed by atoms with Crippen molar-refractivity contribution >= 4 is 56.8 Å². The number of hydrogen-bond donors (Lipinski definition) is 2. The first kappa shape index (κ1) is 15.1. The molecule has 0 amide bonds. The van der Waals surface area contributed by atoms with Gasteiger partial charge in [0.05, 0.1) is 26.5 Å². The molecule has 4 rings (SSSR count). The van der Waals surface area contributed by atoms with Crippen LogP contribution in [0.2, 0.25) is 10.0 Å². The molecule has 0 aliphatic heterocycles. The first-order valence-electron chi connectivity index (χ1n) is 7.22. The van der Waals surface area contributed by atoms with Gasteiger partial charge in [-0.3, -0.25) is 0 Å². The Morgan fingerprint density at radius 1 is 1.04 bits per heavy atom. The minimum atomic E-state index is 0.137. The Bertz CT molecular complexity index is 1120. The predicted octanol–water partition coefficient (Wildman–Crippen LogP) is 4.26. The fourth-order valence-corrected chi connectivity index (χ4v) is 3.49. The second-order valence-corrected chi connectivity index (χ2v) is 6.36. The first-order valence-corrected chi connectivity index (χ1v) is 7.98. The number of aryl methyl sites for hydroxylation is 1. The Labute approximate surface area is 147 Å². The molecule has 0 saturated carbocycles. The molecule has 24 heavy (non-hydrogen) atoms. The third kappa shape index (κ3) is 2.09. The molecule has 2 aromatic heterocycles. The zero-order valence-electron chi connectivity index (χ0n) is 12.7. The van der Waals surface area contributed by atoms with Crippen molar-refractivity contribution in [3.8, 4) is 11.1 Å². The molecule has 0 bridgehead atoms. The minimum Gasteiger partial charge on any atom is -0.383 e. The van der Waals surface area contributed by atoms with E-state index in [4.69, 9.17) is 34.7 Å². The number of aromatic nitrogens is 3. The molecule has 0 spiro atoms. The van der Waals surface area contributed by atoms with Crippen molar-refractivity contribution < 1.29 is 0 Å². The smallest absolute Gasteiger partial charge is 0.222 e. The fraction of sp³-hybridized carbons (Fsp3) is 0.0588. The number of rotatable bonds is 1. The van der Waals surface area contributed by atoms with E-state index in [2.05, 4.69) is 9.97 Å². The molecule has 7 heteroatoms. The van der Waals surface area contributed by atoms with Crippen LogP contribution >= 0.6 is 23.2 Å². The van der Waals surface area contributed by atoms with Crippen LogP contribution in [0.1, 0.15) is 0 Å². The van der Waals surface area contributed by atoms with E-state index < -0.39 is 0 Å². The first-order chi connectivity index (χ1) is 11.5. The number of fused-ring (bicyclic) bond motifs is 3. The maximum Gasteiger partial charge on any atom is 0.222 e. The molecule has 0 fully saturated rings. The zero-order chi connectivity index (χ0) is 17.0. The van der Waals surface area contributed by atoms with Crippen LogP contribution in [0.15, 0.2) is 36.5 Å². The van der Waals surface area contributed by atoms with E-state index >= 15 is 0 Å². The summed E-state index contributed by atoms with van der Waals surface area (Å²) in [7, 11) is 1.96. The van der Waals surface area contributed by atoms with Crippen LogP contribution < -0.4 is 11.5 Å². The molecular weight excluding hydrogens is 345 g/mol. The van der Waals surface area contributed by atoms with Crippen LogP contribution in [-0.4, -0.2) is 14.5 Å². The van der Waals surface area contributed by atoms with Gasteiger partial charge in [0, 0.05) is 29.8 Å². The van der Waals surface area contributed by atoms with E-state index in [1.54, 1.807) is 6.07 Å². The van der Waals surface area contributed by atoms with Crippen molar-refractivity contribution in [2.45, 2.75) is 0 Å². The second-order valence-electron chi connectivity index (χ2n) is 5.58. The molecule has 120 valence electrons. The molecule has 2 heterocycles. The van der Waals surface area contributed by atoms with Crippen molar-refractivity contribution in [3.05, 3.63) is 46.6 Å². The van der Waals surface area contributed by atoms with E-state index in [9.17, 15) is 0 Å². The molecule has 0 atom stereocenters. The molecular formula is C17H13Cl2N5. The number of nitrogens with two attached hydrogens (primary N) is 2. The van der Waals surface area contributed by atoms with Gasteiger partial charge < -0.3 is 16.0 Å². The number of nitrogen functional groups attached to an aromatic ring is 2. The quantitative estimate of drug-likeness (QED) is 0.533. The van der Waals surface area contributed by atoms with Gasteiger partial charge in [0.1, 0.15) is 5.82 Å². The van der Waals surface area contributed by atoms with Crippen molar-refractivity contribution in [1.82, 2.24) is 14.5 Å². The highest BCUT2D eigenvalue weighted by Gasteiger charge is 2.17. The number of anilines is 2. The Kier molecular flexibility index (Phi) is 3.30. The lowest BCUT2D eigenvalue weighted by atomic mass is 9.99. The normalized spacial score (nSPS) is 11.5. The number of hydrogen-bond acceptors (Lipinski definition) is 4. The molecule has 0 saturated heterocycles. The molecule has 0 unspecified atom stereocenters. The maximum atomic E-state index is 6.44. The van der Waals surface area contributed by atoms with E-state index in [1.807, 2.05) is 42.1 Å². The van der Waals surface area contributed by atoms with Gasteiger partial charge in [0.2, 0.25) is 5.95 Å². The Morgan fingerprint density at radius 3 is 2.62 bits per heavy atom. The van der Waals surface area contributed by atoms with E-state index in [-0.39, 0.29) is 5.95 Å². The average Bonchev–Trinajstić information content (AvgIpc) is 2.91. The van der Waals surface area contributed by atoms with Crippen LogP contribution in [-0.2, 0) is 7.05 Å². The lowest BCUT2D eigenvalue weighted by Crippen LogP contribution is -2.01. The number of halogens is 2.